The summed E-state index contributed by atoms with van der Waals surface area (Å²) in [4.78, 5) is 15.2. The van der Waals surface area contributed by atoms with Crippen molar-refractivity contribution in [3.05, 3.63) is 53.1 Å². The van der Waals surface area contributed by atoms with Gasteiger partial charge < -0.3 is 9.38 Å². The van der Waals surface area contributed by atoms with Crippen molar-refractivity contribution < 1.29 is 9.28 Å². The molecule has 1 aliphatic carbocycles. The number of alkyl halides is 1. The minimum atomic E-state index is 0.0587. The lowest BCUT2D eigenvalue weighted by Gasteiger charge is -2.56. The van der Waals surface area contributed by atoms with Crippen LogP contribution in [0.2, 0.25) is 0 Å². The van der Waals surface area contributed by atoms with Crippen molar-refractivity contribution in [2.24, 2.45) is 5.92 Å². The summed E-state index contributed by atoms with van der Waals surface area (Å²) in [6.07, 6.45) is 7.47. The molecule has 134 valence electrons. The maximum Gasteiger partial charge on any atom is 0.231 e. The Morgan fingerprint density at radius 1 is 1.38 bits per heavy atom. The van der Waals surface area contributed by atoms with Gasteiger partial charge in [-0.05, 0) is 29.7 Å². The van der Waals surface area contributed by atoms with Gasteiger partial charge in [-0.25, -0.2) is 0 Å². The van der Waals surface area contributed by atoms with Crippen LogP contribution in [-0.4, -0.2) is 41.6 Å². The van der Waals surface area contributed by atoms with Gasteiger partial charge in [0.15, 0.2) is 6.00 Å². The number of carbonyl (C=O) groups excluding carboxylic acids is 1. The molecule has 6 rings (SSSR count). The van der Waals surface area contributed by atoms with Gasteiger partial charge >= 0.3 is 0 Å². The third kappa shape index (κ3) is 1.48. The molecule has 2 saturated heterocycles. The Labute approximate surface area is 159 Å². The average Bonchev–Trinajstić information content (AvgIpc) is 3.19. The molecule has 4 aliphatic heterocycles. The van der Waals surface area contributed by atoms with Crippen LogP contribution in [0.4, 0.5) is 5.69 Å². The number of hydrogen-bond donors (Lipinski definition) is 0. The van der Waals surface area contributed by atoms with Crippen molar-refractivity contribution in [1.82, 2.24) is 0 Å². The van der Waals surface area contributed by atoms with E-state index in [1.54, 1.807) is 0 Å². The standard InChI is InChI=1S/C22H24ClN2O/c1-2-14-12-25(13-23)10-9-22-17-5-3-4-6-18(17)24-20(26)8-7-15(21(22)24)16(14)11-19(22)25/h2-7,16,19,21H,8-13H2,1H3/q+1/b14-2+/t16-,19-,21-,22+,25?/m0/s1. The Hall–Kier alpha value is -1.58. The summed E-state index contributed by atoms with van der Waals surface area (Å²) in [5.41, 5.74) is 5.68. The van der Waals surface area contributed by atoms with Gasteiger partial charge in [0.1, 0.15) is 12.6 Å². The molecule has 1 aromatic rings. The molecule has 3 fully saturated rings. The highest BCUT2D eigenvalue weighted by atomic mass is 35.5. The summed E-state index contributed by atoms with van der Waals surface area (Å²) >= 11 is 6.64. The fraction of sp³-hybridized carbons (Fsp3) is 0.500. The van der Waals surface area contributed by atoms with Crippen LogP contribution >= 0.6 is 11.6 Å². The van der Waals surface area contributed by atoms with E-state index in [1.165, 1.54) is 23.1 Å². The molecule has 1 saturated carbocycles. The molecule has 0 radical (unpaired) electrons. The van der Waals surface area contributed by atoms with Crippen molar-refractivity contribution in [3.63, 3.8) is 0 Å². The highest BCUT2D eigenvalue weighted by molar-refractivity contribution is 6.17. The number of halogens is 1. The van der Waals surface area contributed by atoms with Crippen LogP contribution in [0.5, 0.6) is 0 Å². The molecule has 4 heterocycles. The highest BCUT2D eigenvalue weighted by Crippen LogP contribution is 2.66. The first-order chi connectivity index (χ1) is 12.7. The number of anilines is 1. The van der Waals surface area contributed by atoms with E-state index in [9.17, 15) is 4.79 Å². The molecule has 1 aromatic carbocycles. The van der Waals surface area contributed by atoms with Crippen LogP contribution in [0.25, 0.3) is 0 Å². The van der Waals surface area contributed by atoms with Gasteiger partial charge in [0.25, 0.3) is 0 Å². The van der Waals surface area contributed by atoms with Crippen molar-refractivity contribution >= 4 is 23.2 Å². The molecule has 1 spiro atoms. The predicted molar refractivity (Wildman–Crippen MR) is 103 cm³/mol. The first-order valence-corrected chi connectivity index (χ1v) is 10.4. The molecule has 2 bridgehead atoms. The quantitative estimate of drug-likeness (QED) is 0.320. The summed E-state index contributed by atoms with van der Waals surface area (Å²) in [5, 5.41) is 0. The van der Waals surface area contributed by atoms with Crippen molar-refractivity contribution in [2.45, 2.75) is 43.7 Å². The zero-order chi connectivity index (χ0) is 17.7. The molecule has 5 aliphatic rings. The summed E-state index contributed by atoms with van der Waals surface area (Å²) in [5.74, 6) is 0.765. The minimum absolute atomic E-state index is 0.0587. The second kappa shape index (κ2) is 4.82. The van der Waals surface area contributed by atoms with Gasteiger partial charge in [-0.3, -0.25) is 4.79 Å². The van der Waals surface area contributed by atoms with Crippen LogP contribution in [0.1, 0.15) is 31.7 Å². The lowest BCUT2D eigenvalue weighted by atomic mass is 9.56. The predicted octanol–water partition coefficient (Wildman–Crippen LogP) is 3.73. The number of fused-ring (bicyclic) bond motifs is 4. The maximum absolute atomic E-state index is 13.0. The molecule has 1 amide bonds. The summed E-state index contributed by atoms with van der Waals surface area (Å²) in [7, 11) is 0. The van der Waals surface area contributed by atoms with E-state index >= 15 is 0 Å². The number of hydrogen-bond acceptors (Lipinski definition) is 1. The molecule has 3 nitrogen and oxygen atoms in total. The summed E-state index contributed by atoms with van der Waals surface area (Å²) < 4.78 is 0.998. The van der Waals surface area contributed by atoms with Crippen LogP contribution < -0.4 is 4.90 Å². The molecule has 5 atom stereocenters. The topological polar surface area (TPSA) is 20.3 Å². The monoisotopic (exact) mass is 367 g/mol. The lowest BCUT2D eigenvalue weighted by molar-refractivity contribution is -0.932. The third-order valence-electron chi connectivity index (χ3n) is 8.15. The fourth-order valence-electron chi connectivity index (χ4n) is 7.22. The number of benzene rings is 1. The Balaban J connectivity index is 1.68. The summed E-state index contributed by atoms with van der Waals surface area (Å²) in [6, 6.07) is 10.1. The van der Waals surface area contributed by atoms with Crippen molar-refractivity contribution in [3.8, 4) is 0 Å². The number of quaternary nitrogens is 1. The average molecular weight is 368 g/mol. The fourth-order valence-corrected chi connectivity index (χ4v) is 7.59. The van der Waals surface area contributed by atoms with E-state index in [0.29, 0.717) is 24.4 Å². The van der Waals surface area contributed by atoms with Crippen LogP contribution in [0.15, 0.2) is 47.6 Å². The van der Waals surface area contributed by atoms with E-state index in [4.69, 9.17) is 11.6 Å². The van der Waals surface area contributed by atoms with Gasteiger partial charge in [0.05, 0.1) is 18.0 Å². The van der Waals surface area contributed by atoms with Gasteiger partial charge in [-0.15, -0.1) is 0 Å². The Morgan fingerprint density at radius 3 is 3.04 bits per heavy atom. The van der Waals surface area contributed by atoms with Crippen LogP contribution in [0.3, 0.4) is 0 Å². The SMILES string of the molecule is C/C=C1\C[N+]2(CCl)CC[C@@]34c5ccccc5N5C(=O)CC=C([C@H]1C[C@@H]32)[C@H]54. The Bertz CT molecular complexity index is 905. The van der Waals surface area contributed by atoms with E-state index in [-0.39, 0.29) is 17.4 Å². The second-order valence-corrected chi connectivity index (χ2v) is 9.01. The maximum atomic E-state index is 13.0. The van der Waals surface area contributed by atoms with Gasteiger partial charge in [0.2, 0.25) is 5.91 Å². The molecular formula is C22H24ClN2O+. The molecule has 4 heteroatoms. The number of nitrogens with zero attached hydrogens (tertiary/aromatic N) is 2. The lowest BCUT2D eigenvalue weighted by Crippen LogP contribution is -2.68. The number of amides is 1. The van der Waals surface area contributed by atoms with Gasteiger partial charge in [0, 0.05) is 30.9 Å². The van der Waals surface area contributed by atoms with Crippen LogP contribution in [-0.2, 0) is 10.2 Å². The smallest absolute Gasteiger partial charge is 0.231 e. The van der Waals surface area contributed by atoms with E-state index in [2.05, 4.69) is 48.2 Å². The van der Waals surface area contributed by atoms with Gasteiger partial charge in [-0.2, -0.15) is 0 Å². The zero-order valence-corrected chi connectivity index (χ0v) is 15.9. The second-order valence-electron chi connectivity index (χ2n) is 8.77. The van der Waals surface area contributed by atoms with Crippen LogP contribution in [0, 0.1) is 5.92 Å². The van der Waals surface area contributed by atoms with Crippen molar-refractivity contribution in [2.75, 3.05) is 24.0 Å². The molecule has 0 aromatic heterocycles. The van der Waals surface area contributed by atoms with Gasteiger partial charge in [-0.1, -0.05) is 42.0 Å². The number of rotatable bonds is 1. The van der Waals surface area contributed by atoms with E-state index in [1.807, 2.05) is 0 Å². The van der Waals surface area contributed by atoms with Crippen molar-refractivity contribution in [1.29, 1.82) is 0 Å². The first-order valence-electron chi connectivity index (χ1n) is 9.84. The first kappa shape index (κ1) is 15.5. The van der Waals surface area contributed by atoms with E-state index < -0.39 is 0 Å². The summed E-state index contributed by atoms with van der Waals surface area (Å²) in [6.45, 7) is 4.38. The van der Waals surface area contributed by atoms with E-state index in [0.717, 1.165) is 29.7 Å². The number of para-hydroxylation sites is 1. The Morgan fingerprint density at radius 2 is 2.23 bits per heavy atom. The molecular weight excluding hydrogens is 344 g/mol. The largest absolute Gasteiger partial charge is 0.304 e. The number of allylic oxidation sites excluding steroid dienone is 1. The highest BCUT2D eigenvalue weighted by Gasteiger charge is 2.72. The Kier molecular flexibility index (Phi) is 2.87. The minimum Gasteiger partial charge on any atom is -0.304 e. The molecule has 0 N–H and O–H groups in total. The number of carbonyl (C=O) groups is 1. The molecule has 26 heavy (non-hydrogen) atoms. The normalized spacial score (nSPS) is 43.4. The zero-order valence-electron chi connectivity index (χ0n) is 15.1. The number of piperidine rings is 1. The third-order valence-corrected chi connectivity index (χ3v) is 8.63. The molecule has 1 unspecified atom stereocenters.